The van der Waals surface area contributed by atoms with E-state index in [9.17, 15) is 14.9 Å². The number of ketones is 1. The lowest BCUT2D eigenvalue weighted by Crippen LogP contribution is -1.99. The van der Waals surface area contributed by atoms with Gasteiger partial charge in [0.15, 0.2) is 5.78 Å². The number of carbonyl (C=O) groups is 1. The average molecular weight is 292 g/mol. The maximum atomic E-state index is 11.6. The Kier molecular flexibility index (Phi) is 4.00. The molecule has 20 heavy (non-hydrogen) atoms. The van der Waals surface area contributed by atoms with E-state index in [-0.39, 0.29) is 22.8 Å². The van der Waals surface area contributed by atoms with Crippen molar-refractivity contribution in [1.29, 1.82) is 0 Å². The van der Waals surface area contributed by atoms with Crippen LogP contribution < -0.4 is 4.74 Å². The Hall–Kier alpha value is -2.40. The number of nitro benzene ring substituents is 1. The summed E-state index contributed by atoms with van der Waals surface area (Å²) >= 11 is 5.84. The van der Waals surface area contributed by atoms with Gasteiger partial charge in [0.05, 0.1) is 10.5 Å². The highest BCUT2D eigenvalue weighted by Crippen LogP contribution is 2.30. The molecule has 0 amide bonds. The van der Waals surface area contributed by atoms with E-state index in [1.807, 2.05) is 0 Å². The van der Waals surface area contributed by atoms with Crippen LogP contribution in [0.3, 0.4) is 0 Å². The number of hydrogen-bond donors (Lipinski definition) is 0. The zero-order valence-electron chi connectivity index (χ0n) is 10.5. The van der Waals surface area contributed by atoms with Crippen LogP contribution in [0.1, 0.15) is 17.3 Å². The van der Waals surface area contributed by atoms with Gasteiger partial charge in [-0.05, 0) is 31.2 Å². The van der Waals surface area contributed by atoms with Gasteiger partial charge in [-0.15, -0.1) is 0 Å². The molecule has 0 atom stereocenters. The molecule has 0 spiro atoms. The number of hydrogen-bond acceptors (Lipinski definition) is 4. The molecule has 0 radical (unpaired) electrons. The molecule has 0 heterocycles. The quantitative estimate of drug-likeness (QED) is 0.480. The summed E-state index contributed by atoms with van der Waals surface area (Å²) in [6.45, 7) is 1.32. The Morgan fingerprint density at radius 2 is 2.00 bits per heavy atom. The molecule has 0 saturated heterocycles. The Bertz CT molecular complexity index is 685. The second-order valence-corrected chi connectivity index (χ2v) is 4.49. The molecule has 0 unspecified atom stereocenters. The lowest BCUT2D eigenvalue weighted by molar-refractivity contribution is -0.384. The smallest absolute Gasteiger partial charge is 0.270 e. The first-order valence-corrected chi connectivity index (χ1v) is 6.08. The largest absolute Gasteiger partial charge is 0.457 e. The number of nitro groups is 1. The Balaban J connectivity index is 2.41. The van der Waals surface area contributed by atoms with E-state index in [4.69, 9.17) is 16.3 Å². The minimum atomic E-state index is -0.560. The summed E-state index contributed by atoms with van der Waals surface area (Å²) in [5.74, 6) is 0.393. The molecule has 0 aromatic heterocycles. The summed E-state index contributed by atoms with van der Waals surface area (Å²) in [4.78, 5) is 21.7. The van der Waals surface area contributed by atoms with E-state index in [0.29, 0.717) is 10.8 Å². The standard InChI is InChI=1S/C14H10ClNO4/c1-9(17)13-8-11(16(18)19)5-6-14(13)20-12-4-2-3-10(15)7-12/h2-8H,1H3. The van der Waals surface area contributed by atoms with Gasteiger partial charge in [0.25, 0.3) is 5.69 Å². The molecule has 0 aliphatic rings. The SMILES string of the molecule is CC(=O)c1cc([N+](=O)[O-])ccc1Oc1cccc(Cl)c1. The first-order chi connectivity index (χ1) is 9.47. The van der Waals surface area contributed by atoms with Crippen LogP contribution >= 0.6 is 11.6 Å². The minimum Gasteiger partial charge on any atom is -0.457 e. The topological polar surface area (TPSA) is 69.4 Å². The molecule has 0 fully saturated rings. The highest BCUT2D eigenvalue weighted by molar-refractivity contribution is 6.30. The highest BCUT2D eigenvalue weighted by atomic mass is 35.5. The molecule has 2 rings (SSSR count). The first kappa shape index (κ1) is 14.0. The van der Waals surface area contributed by atoms with Crippen LogP contribution in [0.5, 0.6) is 11.5 Å². The van der Waals surface area contributed by atoms with Gasteiger partial charge >= 0.3 is 0 Å². The Morgan fingerprint density at radius 1 is 1.25 bits per heavy atom. The van der Waals surface area contributed by atoms with Gasteiger partial charge in [0, 0.05) is 17.2 Å². The molecular weight excluding hydrogens is 282 g/mol. The van der Waals surface area contributed by atoms with E-state index in [0.717, 1.165) is 0 Å². The van der Waals surface area contributed by atoms with Crippen molar-refractivity contribution in [2.75, 3.05) is 0 Å². The molecule has 0 saturated carbocycles. The number of benzene rings is 2. The minimum absolute atomic E-state index is 0.152. The second kappa shape index (κ2) is 5.71. The monoisotopic (exact) mass is 291 g/mol. The average Bonchev–Trinajstić information content (AvgIpc) is 2.38. The molecular formula is C14H10ClNO4. The van der Waals surface area contributed by atoms with Gasteiger partial charge < -0.3 is 4.74 Å². The van der Waals surface area contributed by atoms with Crippen molar-refractivity contribution in [3.63, 3.8) is 0 Å². The maximum absolute atomic E-state index is 11.6. The van der Waals surface area contributed by atoms with E-state index in [2.05, 4.69) is 0 Å². The van der Waals surface area contributed by atoms with Crippen LogP contribution in [0.15, 0.2) is 42.5 Å². The zero-order valence-corrected chi connectivity index (χ0v) is 11.3. The maximum Gasteiger partial charge on any atom is 0.270 e. The normalized spacial score (nSPS) is 10.1. The molecule has 2 aromatic rings. The van der Waals surface area contributed by atoms with E-state index in [1.54, 1.807) is 24.3 Å². The van der Waals surface area contributed by atoms with Gasteiger partial charge in [-0.25, -0.2) is 0 Å². The first-order valence-electron chi connectivity index (χ1n) is 5.70. The number of carbonyl (C=O) groups excluding carboxylic acids is 1. The van der Waals surface area contributed by atoms with Gasteiger partial charge in [0.2, 0.25) is 0 Å². The second-order valence-electron chi connectivity index (χ2n) is 4.05. The number of ether oxygens (including phenoxy) is 1. The van der Waals surface area contributed by atoms with Gasteiger partial charge in [-0.1, -0.05) is 17.7 Å². The van der Waals surface area contributed by atoms with Crippen molar-refractivity contribution in [2.24, 2.45) is 0 Å². The lowest BCUT2D eigenvalue weighted by Gasteiger charge is -2.09. The van der Waals surface area contributed by atoms with Crippen molar-refractivity contribution in [1.82, 2.24) is 0 Å². The molecule has 5 nitrogen and oxygen atoms in total. The summed E-state index contributed by atoms with van der Waals surface area (Å²) in [7, 11) is 0. The summed E-state index contributed by atoms with van der Waals surface area (Å²) < 4.78 is 5.56. The molecule has 6 heteroatoms. The lowest BCUT2D eigenvalue weighted by atomic mass is 10.1. The van der Waals surface area contributed by atoms with Gasteiger partial charge in [0.1, 0.15) is 11.5 Å². The number of rotatable bonds is 4. The molecule has 0 aliphatic carbocycles. The molecule has 0 bridgehead atoms. The fraction of sp³-hybridized carbons (Fsp3) is 0.0714. The summed E-state index contributed by atoms with van der Waals surface area (Å²) in [6.07, 6.45) is 0. The van der Waals surface area contributed by atoms with Crippen molar-refractivity contribution in [3.05, 3.63) is 63.2 Å². The van der Waals surface area contributed by atoms with E-state index < -0.39 is 4.92 Å². The fourth-order valence-corrected chi connectivity index (χ4v) is 1.83. The van der Waals surface area contributed by atoms with Crippen LogP contribution in [0.2, 0.25) is 5.02 Å². The number of non-ortho nitro benzene ring substituents is 1. The Labute approximate surface area is 119 Å². The highest BCUT2D eigenvalue weighted by Gasteiger charge is 2.15. The predicted octanol–water partition coefficient (Wildman–Crippen LogP) is 4.24. The van der Waals surface area contributed by atoms with Crippen molar-refractivity contribution in [3.8, 4) is 11.5 Å². The zero-order chi connectivity index (χ0) is 14.7. The summed E-state index contributed by atoms with van der Waals surface area (Å²) in [5, 5.41) is 11.2. The number of halogens is 1. The molecule has 0 aliphatic heterocycles. The van der Waals surface area contributed by atoms with Crippen LogP contribution in [0.25, 0.3) is 0 Å². The number of nitrogens with zero attached hydrogens (tertiary/aromatic N) is 1. The van der Waals surface area contributed by atoms with Gasteiger partial charge in [-0.2, -0.15) is 0 Å². The fourth-order valence-electron chi connectivity index (χ4n) is 1.65. The van der Waals surface area contributed by atoms with Crippen molar-refractivity contribution < 1.29 is 14.5 Å². The third-order valence-corrected chi connectivity index (χ3v) is 2.81. The van der Waals surface area contributed by atoms with Crippen LogP contribution in [-0.2, 0) is 0 Å². The van der Waals surface area contributed by atoms with Crippen LogP contribution in [-0.4, -0.2) is 10.7 Å². The van der Waals surface area contributed by atoms with Crippen LogP contribution in [0.4, 0.5) is 5.69 Å². The molecule has 102 valence electrons. The summed E-state index contributed by atoms with van der Waals surface area (Å²) in [5.41, 5.74) is -0.00665. The van der Waals surface area contributed by atoms with E-state index in [1.165, 1.54) is 25.1 Å². The van der Waals surface area contributed by atoms with Crippen molar-refractivity contribution >= 4 is 23.1 Å². The predicted molar refractivity (Wildman–Crippen MR) is 74.6 cm³/mol. The third kappa shape index (κ3) is 3.13. The Morgan fingerprint density at radius 3 is 2.60 bits per heavy atom. The molecule has 2 aromatic carbocycles. The third-order valence-electron chi connectivity index (χ3n) is 2.58. The van der Waals surface area contributed by atoms with Crippen LogP contribution in [0, 0.1) is 10.1 Å². The van der Waals surface area contributed by atoms with E-state index >= 15 is 0 Å². The summed E-state index contributed by atoms with van der Waals surface area (Å²) in [6, 6.07) is 10.5. The van der Waals surface area contributed by atoms with Gasteiger partial charge in [-0.3, -0.25) is 14.9 Å². The number of Topliss-reactive ketones (excluding diaryl/α,β-unsaturated/α-hetero) is 1. The van der Waals surface area contributed by atoms with Crippen molar-refractivity contribution in [2.45, 2.75) is 6.92 Å². The molecule has 0 N–H and O–H groups in total.